The Kier molecular flexibility index (Phi) is 3.27. The van der Waals surface area contributed by atoms with Gasteiger partial charge in [-0.1, -0.05) is 28.1 Å². The van der Waals surface area contributed by atoms with Crippen LogP contribution in [-0.4, -0.2) is 34.3 Å². The van der Waals surface area contributed by atoms with E-state index in [4.69, 9.17) is 4.74 Å². The molecule has 2 aromatic rings. The lowest BCUT2D eigenvalue weighted by atomic mass is 9.85. The monoisotopic (exact) mass is 334 g/mol. The standard InChI is InChI=1S/C14H11BrN2O3/c15-10-3-1-9(2-4-10)11-5-6-16-12(17-11)14(13(18)19)7-20-8-14/h1-6H,7-8H2,(H,18,19). The molecule has 20 heavy (non-hydrogen) atoms. The maximum absolute atomic E-state index is 11.4. The number of hydrogen-bond donors (Lipinski definition) is 1. The molecule has 6 heteroatoms. The minimum atomic E-state index is -1.11. The third-order valence-corrected chi connectivity index (χ3v) is 3.86. The van der Waals surface area contributed by atoms with E-state index in [2.05, 4.69) is 25.9 Å². The highest BCUT2D eigenvalue weighted by molar-refractivity contribution is 9.10. The van der Waals surface area contributed by atoms with E-state index in [1.165, 1.54) is 0 Å². The van der Waals surface area contributed by atoms with Crippen LogP contribution in [0.5, 0.6) is 0 Å². The van der Waals surface area contributed by atoms with Gasteiger partial charge >= 0.3 is 5.97 Å². The van der Waals surface area contributed by atoms with E-state index in [1.54, 1.807) is 12.3 Å². The zero-order chi connectivity index (χ0) is 14.2. The average Bonchev–Trinajstić information content (AvgIpc) is 2.38. The van der Waals surface area contributed by atoms with Crippen molar-refractivity contribution >= 4 is 21.9 Å². The summed E-state index contributed by atoms with van der Waals surface area (Å²) in [5, 5.41) is 9.37. The number of nitrogens with zero attached hydrogens (tertiary/aromatic N) is 2. The minimum Gasteiger partial charge on any atom is -0.480 e. The summed E-state index contributed by atoms with van der Waals surface area (Å²) in [6.45, 7) is 0.234. The molecule has 1 aliphatic heterocycles. The first kappa shape index (κ1) is 13.2. The molecular weight excluding hydrogens is 324 g/mol. The van der Waals surface area contributed by atoms with Crippen molar-refractivity contribution in [3.05, 3.63) is 46.8 Å². The van der Waals surface area contributed by atoms with Crippen molar-refractivity contribution in [2.75, 3.05) is 13.2 Å². The molecule has 1 saturated heterocycles. The lowest BCUT2D eigenvalue weighted by Crippen LogP contribution is -2.54. The molecule has 1 aromatic heterocycles. The third kappa shape index (κ3) is 2.10. The van der Waals surface area contributed by atoms with E-state index in [9.17, 15) is 9.90 Å². The maximum Gasteiger partial charge on any atom is 0.322 e. The summed E-state index contributed by atoms with van der Waals surface area (Å²) in [6.07, 6.45) is 1.59. The van der Waals surface area contributed by atoms with Gasteiger partial charge in [0.2, 0.25) is 0 Å². The highest BCUT2D eigenvalue weighted by Crippen LogP contribution is 2.31. The SMILES string of the molecule is O=C(O)C1(c2nccc(-c3ccc(Br)cc3)n2)COC1. The number of carboxylic acids is 1. The molecule has 0 saturated carbocycles. The Bertz CT molecular complexity index is 654. The summed E-state index contributed by atoms with van der Waals surface area (Å²) in [6, 6.07) is 9.43. The molecular formula is C14H11BrN2O3. The maximum atomic E-state index is 11.4. The van der Waals surface area contributed by atoms with Gasteiger partial charge in [0, 0.05) is 16.2 Å². The Labute approximate surface area is 123 Å². The van der Waals surface area contributed by atoms with Crippen LogP contribution in [0, 0.1) is 0 Å². The van der Waals surface area contributed by atoms with E-state index in [0.717, 1.165) is 10.0 Å². The molecule has 0 unspecified atom stereocenters. The largest absolute Gasteiger partial charge is 0.480 e. The fraction of sp³-hybridized carbons (Fsp3) is 0.214. The fourth-order valence-electron chi connectivity index (χ4n) is 2.03. The van der Waals surface area contributed by atoms with E-state index < -0.39 is 11.4 Å². The van der Waals surface area contributed by atoms with Crippen LogP contribution < -0.4 is 0 Å². The van der Waals surface area contributed by atoms with E-state index in [-0.39, 0.29) is 13.2 Å². The number of rotatable bonds is 3. The van der Waals surface area contributed by atoms with Crippen molar-refractivity contribution in [1.29, 1.82) is 0 Å². The number of carbonyl (C=O) groups is 1. The number of ether oxygens (including phenoxy) is 1. The molecule has 3 rings (SSSR count). The van der Waals surface area contributed by atoms with E-state index >= 15 is 0 Å². The second-order valence-electron chi connectivity index (χ2n) is 4.65. The molecule has 2 heterocycles. The quantitative estimate of drug-likeness (QED) is 0.932. The van der Waals surface area contributed by atoms with Crippen LogP contribution in [0.25, 0.3) is 11.3 Å². The molecule has 5 nitrogen and oxygen atoms in total. The Morgan fingerprint density at radius 3 is 2.50 bits per heavy atom. The van der Waals surface area contributed by atoms with Crippen LogP contribution >= 0.6 is 15.9 Å². The van der Waals surface area contributed by atoms with Gasteiger partial charge in [-0.05, 0) is 18.2 Å². The number of carboxylic acid groups (broad SMARTS) is 1. The van der Waals surface area contributed by atoms with E-state index in [1.807, 2.05) is 24.3 Å². The van der Waals surface area contributed by atoms with Gasteiger partial charge in [0.05, 0.1) is 18.9 Å². The Morgan fingerprint density at radius 1 is 1.25 bits per heavy atom. The number of hydrogen-bond acceptors (Lipinski definition) is 4. The lowest BCUT2D eigenvalue weighted by molar-refractivity contribution is -0.164. The summed E-state index contributed by atoms with van der Waals surface area (Å²) in [7, 11) is 0. The van der Waals surface area contributed by atoms with Crippen LogP contribution in [0.15, 0.2) is 41.0 Å². The third-order valence-electron chi connectivity index (χ3n) is 3.33. The summed E-state index contributed by atoms with van der Waals surface area (Å²) in [4.78, 5) is 19.9. The Morgan fingerprint density at radius 2 is 1.95 bits per heavy atom. The number of halogens is 1. The van der Waals surface area contributed by atoms with Crippen molar-refractivity contribution in [3.63, 3.8) is 0 Å². The van der Waals surface area contributed by atoms with Gasteiger partial charge in [-0.3, -0.25) is 4.79 Å². The molecule has 0 amide bonds. The van der Waals surface area contributed by atoms with Gasteiger partial charge in [0.1, 0.15) is 0 Å². The summed E-state index contributed by atoms with van der Waals surface area (Å²) in [5.41, 5.74) is 0.512. The van der Waals surface area contributed by atoms with Crippen LogP contribution in [0.1, 0.15) is 5.82 Å². The van der Waals surface area contributed by atoms with Crippen LogP contribution in [0.3, 0.4) is 0 Å². The lowest BCUT2D eigenvalue weighted by Gasteiger charge is -2.35. The smallest absolute Gasteiger partial charge is 0.322 e. The Hall–Kier alpha value is -1.79. The minimum absolute atomic E-state index is 0.117. The summed E-state index contributed by atoms with van der Waals surface area (Å²) < 4.78 is 6.03. The highest BCUT2D eigenvalue weighted by Gasteiger charge is 2.50. The topological polar surface area (TPSA) is 72.3 Å². The summed E-state index contributed by atoms with van der Waals surface area (Å²) in [5.74, 6) is -0.645. The molecule has 0 bridgehead atoms. The van der Waals surface area contributed by atoms with Crippen molar-refractivity contribution < 1.29 is 14.6 Å². The van der Waals surface area contributed by atoms with Crippen molar-refractivity contribution in [3.8, 4) is 11.3 Å². The normalized spacial score (nSPS) is 16.4. The molecule has 1 N–H and O–H groups in total. The second kappa shape index (κ2) is 4.96. The zero-order valence-corrected chi connectivity index (χ0v) is 12.0. The van der Waals surface area contributed by atoms with Gasteiger partial charge in [0.15, 0.2) is 11.2 Å². The van der Waals surface area contributed by atoms with Crippen molar-refractivity contribution in [1.82, 2.24) is 9.97 Å². The predicted octanol–water partition coefficient (Wildman–Crippen LogP) is 2.26. The Balaban J connectivity index is 2.02. The first-order valence-electron chi connectivity index (χ1n) is 6.02. The van der Waals surface area contributed by atoms with Crippen molar-refractivity contribution in [2.45, 2.75) is 5.41 Å². The molecule has 0 aliphatic carbocycles. The molecule has 0 spiro atoms. The average molecular weight is 335 g/mol. The fourth-order valence-corrected chi connectivity index (χ4v) is 2.29. The van der Waals surface area contributed by atoms with Gasteiger partial charge in [-0.15, -0.1) is 0 Å². The molecule has 1 aromatic carbocycles. The molecule has 1 aliphatic rings. The second-order valence-corrected chi connectivity index (χ2v) is 5.57. The number of aromatic nitrogens is 2. The van der Waals surface area contributed by atoms with Gasteiger partial charge < -0.3 is 9.84 Å². The van der Waals surface area contributed by atoms with Gasteiger partial charge in [0.25, 0.3) is 0 Å². The molecule has 1 fully saturated rings. The predicted molar refractivity (Wildman–Crippen MR) is 75.3 cm³/mol. The van der Waals surface area contributed by atoms with Crippen LogP contribution in [0.2, 0.25) is 0 Å². The number of aliphatic carboxylic acids is 1. The van der Waals surface area contributed by atoms with Crippen LogP contribution in [0.4, 0.5) is 0 Å². The first-order valence-corrected chi connectivity index (χ1v) is 6.82. The van der Waals surface area contributed by atoms with Gasteiger partial charge in [-0.25, -0.2) is 9.97 Å². The molecule has 102 valence electrons. The van der Waals surface area contributed by atoms with Crippen molar-refractivity contribution in [2.24, 2.45) is 0 Å². The van der Waals surface area contributed by atoms with E-state index in [0.29, 0.717) is 11.5 Å². The number of benzene rings is 1. The highest BCUT2D eigenvalue weighted by atomic mass is 79.9. The zero-order valence-electron chi connectivity index (χ0n) is 10.4. The van der Waals surface area contributed by atoms with Crippen LogP contribution in [-0.2, 0) is 14.9 Å². The van der Waals surface area contributed by atoms with Gasteiger partial charge in [-0.2, -0.15) is 0 Å². The summed E-state index contributed by atoms with van der Waals surface area (Å²) >= 11 is 3.38. The molecule has 0 radical (unpaired) electrons. The molecule has 0 atom stereocenters. The first-order chi connectivity index (χ1) is 9.62.